The second-order valence-electron chi connectivity index (χ2n) is 9.03. The fourth-order valence-electron chi connectivity index (χ4n) is 4.92. The van der Waals surface area contributed by atoms with Crippen LogP contribution in [0.1, 0.15) is 141 Å². The summed E-state index contributed by atoms with van der Waals surface area (Å²) >= 11 is 0. The van der Waals surface area contributed by atoms with Gasteiger partial charge in [0.15, 0.2) is 0 Å². The van der Waals surface area contributed by atoms with Crippen LogP contribution in [0.2, 0.25) is 0 Å². The lowest BCUT2D eigenvalue weighted by atomic mass is 9.96. The molecule has 0 aliphatic heterocycles. The van der Waals surface area contributed by atoms with E-state index in [1.807, 2.05) is 4.68 Å². The van der Waals surface area contributed by atoms with Gasteiger partial charge in [0.25, 0.3) is 0 Å². The number of hydrogen-bond donors (Lipinski definition) is 0. The lowest BCUT2D eigenvalue weighted by Crippen LogP contribution is -2.27. The molecule has 0 unspecified atom stereocenters. The van der Waals surface area contributed by atoms with Crippen LogP contribution in [0.5, 0.6) is 0 Å². The van der Waals surface area contributed by atoms with E-state index in [4.69, 9.17) is 5.84 Å². The fraction of sp³-hybridized carbons (Fsp3) is 0.958. The van der Waals surface area contributed by atoms with Crippen molar-refractivity contribution < 1.29 is 4.68 Å². The summed E-state index contributed by atoms with van der Waals surface area (Å²) < 4.78 is 2.04. The molecule has 0 amide bonds. The first kappa shape index (κ1) is 21.8. The van der Waals surface area contributed by atoms with Gasteiger partial charge in [-0.1, -0.05) is 89.9 Å². The molecule has 2 fully saturated rings. The fourth-order valence-corrected chi connectivity index (χ4v) is 4.92. The summed E-state index contributed by atoms with van der Waals surface area (Å²) in [6.07, 6.45) is 30.0. The summed E-state index contributed by atoms with van der Waals surface area (Å²) in [6, 6.07) is 0.498. The van der Waals surface area contributed by atoms with Crippen LogP contribution in [0.25, 0.3) is 5.84 Å². The van der Waals surface area contributed by atoms with E-state index in [-0.39, 0.29) is 0 Å². The van der Waals surface area contributed by atoms with Crippen LogP contribution in [-0.2, 0) is 0 Å². The Kier molecular flexibility index (Phi) is 12.2. The van der Waals surface area contributed by atoms with E-state index in [1.54, 1.807) is 0 Å². The number of rotatable bonds is 1. The molecule has 1 N–H and O–H groups in total. The molecule has 2 saturated carbocycles. The van der Waals surface area contributed by atoms with E-state index in [1.165, 1.54) is 147 Å². The van der Waals surface area contributed by atoms with E-state index in [0.29, 0.717) is 6.04 Å². The molecule has 26 heavy (non-hydrogen) atoms. The molecule has 152 valence electrons. The van der Waals surface area contributed by atoms with Crippen molar-refractivity contribution in [2.75, 3.05) is 0 Å². The first-order valence-electron chi connectivity index (χ1n) is 12.2. The van der Waals surface area contributed by atoms with Gasteiger partial charge in [0.05, 0.1) is 0 Å². The number of nitrogens with zero attached hydrogens (tertiary/aromatic N) is 1. The van der Waals surface area contributed by atoms with Crippen molar-refractivity contribution in [3.63, 3.8) is 0 Å². The lowest BCUT2D eigenvalue weighted by molar-refractivity contribution is -0.506. The second kappa shape index (κ2) is 14.5. The van der Waals surface area contributed by atoms with Crippen molar-refractivity contribution in [2.24, 2.45) is 0 Å². The van der Waals surface area contributed by atoms with E-state index >= 15 is 0 Å². The number of nitrogens with one attached hydrogen (secondary N) is 1. The molecule has 0 heterocycles. The van der Waals surface area contributed by atoms with E-state index < -0.39 is 0 Å². The minimum Gasteiger partial charge on any atom is -0.454 e. The predicted octanol–water partition coefficient (Wildman–Crippen LogP) is 8.39. The van der Waals surface area contributed by atoms with E-state index in [9.17, 15) is 0 Å². The summed E-state index contributed by atoms with van der Waals surface area (Å²) in [5.41, 5.74) is 1.47. The van der Waals surface area contributed by atoms with Crippen LogP contribution in [-0.4, -0.2) is 16.4 Å². The molecule has 0 aromatic heterocycles. The topological polar surface area (TPSA) is 26.8 Å². The zero-order valence-electron chi connectivity index (χ0n) is 17.6. The molecule has 2 heteroatoms. The quantitative estimate of drug-likeness (QED) is 0.331. The molecule has 0 saturated heterocycles. The summed E-state index contributed by atoms with van der Waals surface area (Å²) in [5.74, 6) is 8.94. The average molecular weight is 363 g/mol. The third-order valence-corrected chi connectivity index (χ3v) is 6.71. The molecule has 0 radical (unpaired) electrons. The molecule has 0 spiro atoms. The van der Waals surface area contributed by atoms with Gasteiger partial charge in [0, 0.05) is 25.7 Å². The van der Waals surface area contributed by atoms with Crippen molar-refractivity contribution in [1.82, 2.24) is 0 Å². The zero-order valence-corrected chi connectivity index (χ0v) is 17.6. The molecule has 2 rings (SSSR count). The van der Waals surface area contributed by atoms with Crippen molar-refractivity contribution in [3.8, 4) is 0 Å². The molecule has 0 bridgehead atoms. The maximum atomic E-state index is 8.94. The van der Waals surface area contributed by atoms with Crippen LogP contribution >= 0.6 is 0 Å². The minimum absolute atomic E-state index is 0.498. The lowest BCUT2D eigenvalue weighted by Gasteiger charge is -2.22. The van der Waals surface area contributed by atoms with Gasteiger partial charge in [-0.25, -0.2) is 0 Å². The molecular weight excluding hydrogens is 316 g/mol. The highest BCUT2D eigenvalue weighted by atomic mass is 15.3. The number of hydrogen-bond acceptors (Lipinski definition) is 0. The van der Waals surface area contributed by atoms with Crippen molar-refractivity contribution in [1.29, 1.82) is 0 Å². The highest BCUT2D eigenvalue weighted by Crippen LogP contribution is 2.21. The third-order valence-electron chi connectivity index (χ3n) is 6.71. The first-order valence-corrected chi connectivity index (χ1v) is 12.2. The van der Waals surface area contributed by atoms with Gasteiger partial charge >= 0.3 is 0 Å². The van der Waals surface area contributed by atoms with Gasteiger partial charge in [-0.05, 0) is 25.7 Å². The van der Waals surface area contributed by atoms with Crippen LogP contribution < -0.4 is 0 Å². The molecule has 0 aromatic carbocycles. The van der Waals surface area contributed by atoms with Crippen molar-refractivity contribution in [2.45, 2.75) is 147 Å². The van der Waals surface area contributed by atoms with Crippen LogP contribution in [0, 0.1) is 0 Å². The summed E-state index contributed by atoms with van der Waals surface area (Å²) in [4.78, 5) is 0. The average Bonchev–Trinajstić information content (AvgIpc) is 2.62. The maximum absolute atomic E-state index is 8.94. The van der Waals surface area contributed by atoms with Crippen molar-refractivity contribution >= 4 is 5.71 Å². The van der Waals surface area contributed by atoms with Gasteiger partial charge in [0.1, 0.15) is 11.8 Å². The van der Waals surface area contributed by atoms with Gasteiger partial charge in [0.2, 0.25) is 0 Å². The Bertz CT molecular complexity index is 348. The smallest absolute Gasteiger partial charge is 0.147 e. The van der Waals surface area contributed by atoms with Crippen LogP contribution in [0.15, 0.2) is 0 Å². The van der Waals surface area contributed by atoms with Gasteiger partial charge < -0.3 is 5.84 Å². The molecule has 2 aliphatic rings. The Morgan fingerprint density at radius 1 is 0.462 bits per heavy atom. The Balaban J connectivity index is 1.95. The first-order chi connectivity index (χ1) is 12.9. The van der Waals surface area contributed by atoms with Gasteiger partial charge in [-0.2, -0.15) is 0 Å². The van der Waals surface area contributed by atoms with E-state index in [0.717, 1.165) is 0 Å². The summed E-state index contributed by atoms with van der Waals surface area (Å²) in [5, 5.41) is 0. The molecule has 2 nitrogen and oxygen atoms in total. The second-order valence-corrected chi connectivity index (χ2v) is 9.03. The Hall–Kier alpha value is -0.530. The largest absolute Gasteiger partial charge is 0.454 e. The van der Waals surface area contributed by atoms with E-state index in [2.05, 4.69) is 0 Å². The van der Waals surface area contributed by atoms with Crippen LogP contribution in [0.4, 0.5) is 0 Å². The Labute approximate surface area is 164 Å². The third kappa shape index (κ3) is 9.42. The van der Waals surface area contributed by atoms with Gasteiger partial charge in [-0.15, -0.1) is 0 Å². The highest BCUT2D eigenvalue weighted by Gasteiger charge is 2.19. The minimum atomic E-state index is 0.498. The molecule has 0 aromatic rings. The van der Waals surface area contributed by atoms with Crippen LogP contribution in [0.3, 0.4) is 0 Å². The Morgan fingerprint density at radius 2 is 0.769 bits per heavy atom. The summed E-state index contributed by atoms with van der Waals surface area (Å²) in [7, 11) is 0. The van der Waals surface area contributed by atoms with Crippen molar-refractivity contribution in [3.05, 3.63) is 5.84 Å². The van der Waals surface area contributed by atoms with Gasteiger partial charge in [-0.3, -0.25) is 4.68 Å². The zero-order chi connectivity index (χ0) is 18.3. The summed E-state index contributed by atoms with van der Waals surface area (Å²) in [6.45, 7) is 0. The normalized spacial score (nSPS) is 24.5. The monoisotopic (exact) mass is 362 g/mol. The molecule has 0 atom stereocenters. The molecule has 2 aliphatic carbocycles. The molecular formula is C24H46N2. The highest BCUT2D eigenvalue weighted by molar-refractivity contribution is 5.79. The SMILES string of the molecule is [NH-][N+](=C1CCCCCCCCCCC1)C1CCCCCCCCCCC1. The predicted molar refractivity (Wildman–Crippen MR) is 115 cm³/mol. The Morgan fingerprint density at radius 3 is 1.15 bits per heavy atom. The maximum Gasteiger partial charge on any atom is 0.147 e. The standard InChI is InChI=1S/C24H46N2/c25-26(23-19-15-11-7-3-1-4-8-12-16-20-23)24-21-17-13-9-5-2-6-10-14-18-22-24/h23,25H,1-22H2.